The van der Waals surface area contributed by atoms with Gasteiger partial charge in [-0.15, -0.1) is 0 Å². The number of amides is 2. The lowest BCUT2D eigenvalue weighted by Crippen LogP contribution is -2.46. The van der Waals surface area contributed by atoms with Crippen molar-refractivity contribution in [1.29, 1.82) is 0 Å². The number of aliphatic hydroxyl groups is 1. The molecular weight excluding hydrogens is 688 g/mol. The first kappa shape index (κ1) is 32.3. The van der Waals surface area contributed by atoms with Crippen LogP contribution in [0.1, 0.15) is 88.3 Å². The highest BCUT2D eigenvalue weighted by atomic mass is 35.5. The number of halogens is 1. The molecule has 4 aliphatic carbocycles. The molecule has 6 aliphatic rings. The Morgan fingerprint density at radius 2 is 1.30 bits per heavy atom. The molecule has 53 heavy (non-hydrogen) atoms. The number of carbonyl (C=O) groups excluding carboxylic acids is 2. The van der Waals surface area contributed by atoms with Crippen LogP contribution < -0.4 is 10.6 Å². The zero-order valence-electron chi connectivity index (χ0n) is 29.5. The van der Waals surface area contributed by atoms with E-state index in [1.54, 1.807) is 13.8 Å². The van der Waals surface area contributed by atoms with E-state index < -0.39 is 5.60 Å². The fraction of sp³-hybridized carbons (Fsp3) is 0.366. The van der Waals surface area contributed by atoms with Crippen LogP contribution in [0.25, 0.3) is 33.8 Å². The third-order valence-corrected chi connectivity index (χ3v) is 11.5. The molecule has 3 N–H and O–H groups in total. The van der Waals surface area contributed by atoms with E-state index in [0.717, 1.165) is 132 Å². The van der Waals surface area contributed by atoms with Crippen molar-refractivity contribution in [2.45, 2.75) is 95.0 Å². The fourth-order valence-corrected chi connectivity index (χ4v) is 8.33. The predicted molar refractivity (Wildman–Crippen MR) is 198 cm³/mol. The van der Waals surface area contributed by atoms with E-state index in [4.69, 9.17) is 26.8 Å². The first-order valence-electron chi connectivity index (χ1n) is 18.3. The number of hydrogen-bond donors (Lipinski definition) is 3. The lowest BCUT2D eigenvalue weighted by Gasteiger charge is -2.24. The van der Waals surface area contributed by atoms with Crippen molar-refractivity contribution in [3.8, 4) is 45.6 Å². The van der Waals surface area contributed by atoms with Gasteiger partial charge in [-0.2, -0.15) is 10.2 Å². The quantitative estimate of drug-likeness (QED) is 0.162. The van der Waals surface area contributed by atoms with Crippen LogP contribution in [-0.2, 0) is 38.8 Å². The topological polar surface area (TPSA) is 140 Å². The second-order valence-corrected chi connectivity index (χ2v) is 16.3. The van der Waals surface area contributed by atoms with Crippen LogP contribution in [0, 0.1) is 11.8 Å². The smallest absolute Gasteiger partial charge is 0.270 e. The summed E-state index contributed by atoms with van der Waals surface area (Å²) in [5.74, 6) is 5.87. The minimum Gasteiger partial charge on any atom is -0.378 e. The van der Waals surface area contributed by atoms with E-state index in [2.05, 4.69) is 33.5 Å². The molecule has 266 valence electrons. The third kappa shape index (κ3) is 5.63. The van der Waals surface area contributed by atoms with Gasteiger partial charge in [-0.05, 0) is 101 Å². The molecule has 5 aromatic rings. The van der Waals surface area contributed by atoms with Gasteiger partial charge in [0, 0.05) is 45.8 Å². The van der Waals surface area contributed by atoms with E-state index in [1.165, 1.54) is 5.56 Å². The summed E-state index contributed by atoms with van der Waals surface area (Å²) < 4.78 is 3.84. The molecule has 0 saturated heterocycles. The van der Waals surface area contributed by atoms with Gasteiger partial charge in [0.25, 0.3) is 11.8 Å². The largest absolute Gasteiger partial charge is 0.378 e. The van der Waals surface area contributed by atoms with Crippen LogP contribution in [0.3, 0.4) is 0 Å². The summed E-state index contributed by atoms with van der Waals surface area (Å²) >= 11 is 6.03. The number of nitrogens with zero attached hydrogens (tertiary/aromatic N) is 6. The van der Waals surface area contributed by atoms with Crippen molar-refractivity contribution in [2.75, 3.05) is 0 Å². The summed E-state index contributed by atoms with van der Waals surface area (Å²) in [7, 11) is 0. The van der Waals surface area contributed by atoms with Crippen LogP contribution in [0.2, 0.25) is 5.15 Å². The number of benzene rings is 1. The highest BCUT2D eigenvalue weighted by Crippen LogP contribution is 2.44. The fourth-order valence-electron chi connectivity index (χ4n) is 8.17. The molecule has 2 aliphatic heterocycles. The van der Waals surface area contributed by atoms with E-state index in [0.29, 0.717) is 5.15 Å². The minimum atomic E-state index is -1.02. The van der Waals surface area contributed by atoms with Crippen molar-refractivity contribution < 1.29 is 14.7 Å². The maximum Gasteiger partial charge on any atom is 0.270 e. The van der Waals surface area contributed by atoms with Gasteiger partial charge in [0.1, 0.15) is 22.1 Å². The molecule has 4 aromatic heterocycles. The average molecular weight is 725 g/mol. The molecule has 2 amide bonds. The zero-order chi connectivity index (χ0) is 36.3. The van der Waals surface area contributed by atoms with Gasteiger partial charge in [-0.3, -0.25) is 23.9 Å². The Balaban J connectivity index is 0.000000143. The first-order valence-corrected chi connectivity index (χ1v) is 18.7. The standard InChI is InChI=1S/C26H24N4O2.C15H13ClN4O/c1-25(2,32)10-9-16-3-5-17(6-4-16)21-13-20-18(14-27-21)7-8-19-22(20)29-30-15-26(11-12-26)28-24(31)23(19)30;16-11-5-10-8(6-17-11)1-2-9-12(10)19-20-7-15(3-4-15)18-14(21)13(9)20/h3-6,13-14,32H,7-8,11-12,15H2,1-2H3,(H,28,31);5-6H,1-4,7H2,(H,18,21). The zero-order valence-corrected chi connectivity index (χ0v) is 30.3. The Hall–Kier alpha value is -5.31. The van der Waals surface area contributed by atoms with Gasteiger partial charge in [0.2, 0.25) is 0 Å². The summed E-state index contributed by atoms with van der Waals surface area (Å²) in [6, 6.07) is 11.8. The molecule has 6 heterocycles. The molecule has 0 unspecified atom stereocenters. The minimum absolute atomic E-state index is 0.0167. The van der Waals surface area contributed by atoms with Crippen LogP contribution in [-0.4, -0.2) is 63.1 Å². The third-order valence-electron chi connectivity index (χ3n) is 11.3. The van der Waals surface area contributed by atoms with Crippen LogP contribution in [0.4, 0.5) is 0 Å². The molecule has 0 atom stereocenters. The monoisotopic (exact) mass is 724 g/mol. The van der Waals surface area contributed by atoms with Gasteiger partial charge in [-0.25, -0.2) is 4.98 Å². The van der Waals surface area contributed by atoms with Crippen molar-refractivity contribution in [1.82, 2.24) is 40.2 Å². The Bertz CT molecular complexity index is 2470. The molecule has 2 fully saturated rings. The maximum atomic E-state index is 12.8. The van der Waals surface area contributed by atoms with Crippen LogP contribution >= 0.6 is 11.6 Å². The lowest BCUT2D eigenvalue weighted by atomic mass is 9.89. The Kier molecular flexibility index (Phi) is 6.92. The number of aryl methyl sites for hydroxylation is 2. The summed E-state index contributed by atoms with van der Waals surface area (Å²) in [6.45, 7) is 4.89. The molecular formula is C41H37ClN8O3. The summed E-state index contributed by atoms with van der Waals surface area (Å²) in [5, 5.41) is 26.3. The van der Waals surface area contributed by atoms with E-state index in [1.807, 2.05) is 52.1 Å². The number of fused-ring (bicyclic) bond motifs is 10. The van der Waals surface area contributed by atoms with Gasteiger partial charge in [0.05, 0.1) is 41.2 Å². The Morgan fingerprint density at radius 1 is 0.774 bits per heavy atom. The number of carbonyl (C=O) groups is 2. The number of nitrogens with one attached hydrogen (secondary N) is 2. The molecule has 0 bridgehead atoms. The number of hydrogen-bond acceptors (Lipinski definition) is 7. The van der Waals surface area contributed by atoms with Gasteiger partial charge >= 0.3 is 0 Å². The summed E-state index contributed by atoms with van der Waals surface area (Å²) in [4.78, 5) is 34.1. The number of rotatable bonds is 1. The Morgan fingerprint density at radius 3 is 1.83 bits per heavy atom. The molecule has 2 spiro atoms. The second kappa shape index (κ2) is 11.3. The molecule has 11 nitrogen and oxygen atoms in total. The molecule has 11 rings (SSSR count). The van der Waals surface area contributed by atoms with Gasteiger partial charge < -0.3 is 15.7 Å². The van der Waals surface area contributed by atoms with E-state index >= 15 is 0 Å². The number of aromatic nitrogens is 6. The Labute approximate surface area is 311 Å². The second-order valence-electron chi connectivity index (χ2n) is 15.9. The van der Waals surface area contributed by atoms with Crippen LogP contribution in [0.15, 0.2) is 48.8 Å². The summed E-state index contributed by atoms with van der Waals surface area (Å²) in [6.07, 6.45) is 11.3. The van der Waals surface area contributed by atoms with Crippen molar-refractivity contribution in [3.05, 3.63) is 93.2 Å². The van der Waals surface area contributed by atoms with Gasteiger partial charge in [-0.1, -0.05) is 35.6 Å². The predicted octanol–water partition coefficient (Wildman–Crippen LogP) is 5.08. The molecule has 12 heteroatoms. The van der Waals surface area contributed by atoms with Crippen molar-refractivity contribution in [3.63, 3.8) is 0 Å². The molecule has 0 radical (unpaired) electrons. The SMILES string of the molecule is CC(C)(O)C#Cc1ccc(-c2cc3c(cn2)CCc2c-3nn3c2C(=O)NC2(CC2)C3)cc1.O=C1NC2(CC2)Cn2nc3c(c21)CCc1cnc(Cl)cc1-3. The van der Waals surface area contributed by atoms with E-state index in [-0.39, 0.29) is 22.9 Å². The van der Waals surface area contributed by atoms with Gasteiger partial charge in [0.15, 0.2) is 0 Å². The lowest BCUT2D eigenvalue weighted by molar-refractivity contribution is 0.0876. The van der Waals surface area contributed by atoms with E-state index in [9.17, 15) is 14.7 Å². The van der Waals surface area contributed by atoms with Crippen molar-refractivity contribution in [2.24, 2.45) is 0 Å². The van der Waals surface area contributed by atoms with Crippen LogP contribution in [0.5, 0.6) is 0 Å². The molecule has 1 aromatic carbocycles. The highest BCUT2D eigenvalue weighted by molar-refractivity contribution is 6.29. The average Bonchev–Trinajstić information content (AvgIpc) is 3.97. The normalized spacial score (nSPS) is 18.7. The first-order chi connectivity index (χ1) is 25.5. The maximum absolute atomic E-state index is 12.8. The van der Waals surface area contributed by atoms with Crippen molar-refractivity contribution >= 4 is 23.4 Å². The highest BCUT2D eigenvalue weighted by Gasteiger charge is 2.50. The molecule has 2 saturated carbocycles. The number of pyridine rings is 2. The summed E-state index contributed by atoms with van der Waals surface area (Å²) in [5.41, 5.74) is 11.4.